The molecule has 0 fully saturated rings. The van der Waals surface area contributed by atoms with E-state index in [0.29, 0.717) is 5.56 Å². The van der Waals surface area contributed by atoms with Gasteiger partial charge in [0.25, 0.3) is 0 Å². The smallest absolute Gasteiger partial charge is 0.339 e. The van der Waals surface area contributed by atoms with Crippen molar-refractivity contribution in [1.29, 1.82) is 0 Å². The zero-order valence-corrected chi connectivity index (χ0v) is 6.57. The fourth-order valence-corrected chi connectivity index (χ4v) is 0.601. The minimum absolute atomic E-state index is 0. The van der Waals surface area contributed by atoms with Crippen LogP contribution in [0.1, 0.15) is 10.4 Å². The minimum Gasteiger partial charge on any atom is -0.465 e. The van der Waals surface area contributed by atoms with Crippen molar-refractivity contribution in [3.05, 3.63) is 30.1 Å². The predicted octanol–water partition coefficient (Wildman–Crippen LogP) is 0.487. The van der Waals surface area contributed by atoms with Gasteiger partial charge in [-0.05, 0) is 12.1 Å². The summed E-state index contributed by atoms with van der Waals surface area (Å²) in [5.41, 5.74) is 0.477. The summed E-state index contributed by atoms with van der Waals surface area (Å²) in [5.74, 6) is -0.354. The second kappa shape index (κ2) is 4.95. The Morgan fingerprint density at radius 2 is 2.36 bits per heavy atom. The van der Waals surface area contributed by atoms with Crippen LogP contribution in [0.25, 0.3) is 0 Å². The zero-order valence-electron chi connectivity index (χ0n) is 6.57. The van der Waals surface area contributed by atoms with Gasteiger partial charge in [0, 0.05) is 31.3 Å². The SMILES string of the molecule is COC(=O)c1cccnc1.[Li]. The molecule has 0 spiro atoms. The molecule has 1 aromatic rings. The average molecular weight is 144 g/mol. The first-order valence-corrected chi connectivity index (χ1v) is 2.83. The Labute approximate surface area is 77.0 Å². The molecule has 0 N–H and O–H groups in total. The van der Waals surface area contributed by atoms with E-state index in [2.05, 4.69) is 9.72 Å². The van der Waals surface area contributed by atoms with Crippen LogP contribution in [0.5, 0.6) is 0 Å². The molecular formula is C7H7LiNO2. The summed E-state index contributed by atoms with van der Waals surface area (Å²) in [4.78, 5) is 14.5. The van der Waals surface area contributed by atoms with E-state index in [-0.39, 0.29) is 24.8 Å². The van der Waals surface area contributed by atoms with Crippen molar-refractivity contribution in [1.82, 2.24) is 4.98 Å². The molecule has 0 atom stereocenters. The fraction of sp³-hybridized carbons (Fsp3) is 0.143. The van der Waals surface area contributed by atoms with Crippen molar-refractivity contribution in [3.8, 4) is 0 Å². The van der Waals surface area contributed by atoms with Crippen LogP contribution < -0.4 is 0 Å². The Hall–Kier alpha value is -0.783. The summed E-state index contributed by atoms with van der Waals surface area (Å²) in [6, 6.07) is 3.34. The standard InChI is InChI=1S/C7H7NO2.Li/c1-10-7(9)6-3-2-4-8-5-6;/h2-5H,1H3;. The van der Waals surface area contributed by atoms with Gasteiger partial charge in [-0.15, -0.1) is 0 Å². The third-order valence-corrected chi connectivity index (χ3v) is 1.08. The zero-order chi connectivity index (χ0) is 7.40. The third-order valence-electron chi connectivity index (χ3n) is 1.08. The van der Waals surface area contributed by atoms with Gasteiger partial charge in [0.2, 0.25) is 0 Å². The number of pyridine rings is 1. The van der Waals surface area contributed by atoms with Gasteiger partial charge in [0.15, 0.2) is 0 Å². The number of methoxy groups -OCH3 is 1. The monoisotopic (exact) mass is 144 g/mol. The number of hydrogen-bond donors (Lipinski definition) is 0. The number of nitrogens with zero attached hydrogens (tertiary/aromatic N) is 1. The van der Waals surface area contributed by atoms with Crippen LogP contribution >= 0.6 is 0 Å². The Bertz CT molecular complexity index is 225. The van der Waals surface area contributed by atoms with Crippen LogP contribution in [-0.2, 0) is 4.74 Å². The van der Waals surface area contributed by atoms with Crippen molar-refractivity contribution in [2.75, 3.05) is 7.11 Å². The summed E-state index contributed by atoms with van der Waals surface area (Å²) >= 11 is 0. The molecule has 0 aliphatic rings. The Morgan fingerprint density at radius 3 is 2.82 bits per heavy atom. The maximum atomic E-state index is 10.8. The van der Waals surface area contributed by atoms with Gasteiger partial charge in [-0.3, -0.25) is 4.98 Å². The molecule has 0 bridgehead atoms. The van der Waals surface area contributed by atoms with E-state index in [4.69, 9.17) is 0 Å². The molecule has 0 aromatic carbocycles. The second-order valence-corrected chi connectivity index (χ2v) is 1.73. The summed E-state index contributed by atoms with van der Waals surface area (Å²) < 4.78 is 4.46. The first-order chi connectivity index (χ1) is 4.84. The van der Waals surface area contributed by atoms with E-state index < -0.39 is 0 Å². The van der Waals surface area contributed by atoms with Crippen LogP contribution in [0.15, 0.2) is 24.5 Å². The van der Waals surface area contributed by atoms with Crippen LogP contribution in [-0.4, -0.2) is 36.9 Å². The summed E-state index contributed by atoms with van der Waals surface area (Å²) in [6.07, 6.45) is 3.07. The summed E-state index contributed by atoms with van der Waals surface area (Å²) in [6.45, 7) is 0. The summed E-state index contributed by atoms with van der Waals surface area (Å²) in [5, 5.41) is 0. The van der Waals surface area contributed by atoms with Gasteiger partial charge in [-0.25, -0.2) is 4.79 Å². The Kier molecular flexibility index (Phi) is 4.59. The van der Waals surface area contributed by atoms with Crippen molar-refractivity contribution >= 4 is 24.8 Å². The van der Waals surface area contributed by atoms with Gasteiger partial charge in [-0.1, -0.05) is 0 Å². The molecular weight excluding hydrogens is 137 g/mol. The van der Waals surface area contributed by atoms with Crippen LogP contribution in [0, 0.1) is 0 Å². The summed E-state index contributed by atoms with van der Waals surface area (Å²) in [7, 11) is 1.34. The number of carbonyl (C=O) groups is 1. The van der Waals surface area contributed by atoms with E-state index in [1.807, 2.05) is 0 Å². The molecule has 0 saturated carbocycles. The van der Waals surface area contributed by atoms with E-state index in [1.165, 1.54) is 13.3 Å². The van der Waals surface area contributed by atoms with E-state index in [1.54, 1.807) is 18.3 Å². The van der Waals surface area contributed by atoms with Crippen molar-refractivity contribution in [2.24, 2.45) is 0 Å². The third kappa shape index (κ3) is 2.75. The normalized spacial score (nSPS) is 8.09. The van der Waals surface area contributed by atoms with E-state index >= 15 is 0 Å². The molecule has 53 valence electrons. The number of rotatable bonds is 1. The van der Waals surface area contributed by atoms with Crippen LogP contribution in [0.3, 0.4) is 0 Å². The number of hydrogen-bond acceptors (Lipinski definition) is 3. The molecule has 4 heteroatoms. The van der Waals surface area contributed by atoms with Crippen molar-refractivity contribution in [3.63, 3.8) is 0 Å². The Balaban J connectivity index is 0.000001000. The number of carbonyl (C=O) groups excluding carboxylic acids is 1. The molecule has 1 rings (SSSR count). The molecule has 0 unspecified atom stereocenters. The molecule has 11 heavy (non-hydrogen) atoms. The van der Waals surface area contributed by atoms with E-state index in [0.717, 1.165) is 0 Å². The van der Waals surface area contributed by atoms with Gasteiger partial charge in [0.05, 0.1) is 12.7 Å². The van der Waals surface area contributed by atoms with Crippen LogP contribution in [0.2, 0.25) is 0 Å². The number of ether oxygens (including phenoxy) is 1. The van der Waals surface area contributed by atoms with Crippen molar-refractivity contribution in [2.45, 2.75) is 0 Å². The Morgan fingerprint density at radius 1 is 1.64 bits per heavy atom. The molecule has 0 aliphatic carbocycles. The molecule has 1 aromatic heterocycles. The largest absolute Gasteiger partial charge is 0.465 e. The first kappa shape index (κ1) is 10.2. The molecule has 0 aliphatic heterocycles. The molecule has 0 amide bonds. The number of aromatic nitrogens is 1. The van der Waals surface area contributed by atoms with Gasteiger partial charge in [-0.2, -0.15) is 0 Å². The van der Waals surface area contributed by atoms with Crippen LogP contribution in [0.4, 0.5) is 0 Å². The van der Waals surface area contributed by atoms with Gasteiger partial charge < -0.3 is 4.74 Å². The maximum absolute atomic E-state index is 10.8. The first-order valence-electron chi connectivity index (χ1n) is 2.83. The molecule has 3 nitrogen and oxygen atoms in total. The minimum atomic E-state index is -0.354. The van der Waals surface area contributed by atoms with Gasteiger partial charge >= 0.3 is 5.97 Å². The second-order valence-electron chi connectivity index (χ2n) is 1.73. The molecule has 1 radical (unpaired) electrons. The quantitative estimate of drug-likeness (QED) is 0.425. The fourth-order valence-electron chi connectivity index (χ4n) is 0.601. The predicted molar refractivity (Wildman–Crippen MR) is 41.3 cm³/mol. The van der Waals surface area contributed by atoms with E-state index in [9.17, 15) is 4.79 Å². The average Bonchev–Trinajstić information content (AvgIpc) is 2.05. The van der Waals surface area contributed by atoms with Crippen molar-refractivity contribution < 1.29 is 9.53 Å². The van der Waals surface area contributed by atoms with Gasteiger partial charge in [0.1, 0.15) is 0 Å². The molecule has 1 heterocycles. The molecule has 0 saturated heterocycles. The maximum Gasteiger partial charge on any atom is 0.339 e. The topological polar surface area (TPSA) is 39.2 Å². The number of esters is 1.